The number of imidazole rings is 1. The number of nitrogens with one attached hydrogen (secondary N) is 1. The maximum Gasteiger partial charge on any atom is 0.392 e. The lowest BCUT2D eigenvalue weighted by Crippen LogP contribution is -2.26. The molecular formula is C17H23F3N4O. The number of alkyl halides is 3. The maximum absolute atomic E-state index is 12.7. The summed E-state index contributed by atoms with van der Waals surface area (Å²) in [5, 5.41) is 6.94. The number of anilines is 1. The van der Waals surface area contributed by atoms with Crippen LogP contribution in [0.2, 0.25) is 0 Å². The van der Waals surface area contributed by atoms with E-state index in [1.54, 1.807) is 16.6 Å². The van der Waals surface area contributed by atoms with Crippen LogP contribution in [0.5, 0.6) is 0 Å². The predicted molar refractivity (Wildman–Crippen MR) is 89.3 cm³/mol. The van der Waals surface area contributed by atoms with E-state index in [1.807, 2.05) is 27.7 Å². The van der Waals surface area contributed by atoms with E-state index in [1.165, 1.54) is 0 Å². The largest absolute Gasteiger partial charge is 0.392 e. The molecule has 0 radical (unpaired) electrons. The highest BCUT2D eigenvalue weighted by molar-refractivity contribution is 5.91. The number of carbonyl (C=O) groups is 1. The van der Waals surface area contributed by atoms with Crippen molar-refractivity contribution < 1.29 is 18.0 Å². The first-order valence-corrected chi connectivity index (χ1v) is 8.08. The molecule has 0 saturated heterocycles. The highest BCUT2D eigenvalue weighted by Crippen LogP contribution is 2.30. The first-order valence-electron chi connectivity index (χ1n) is 8.08. The SMILES string of the molecule is Cc1ccc2nc(NC(=O)CC(C)C(F)(F)F)c(CC(C)(C)C)n2n1. The van der Waals surface area contributed by atoms with Crippen LogP contribution in [0, 0.1) is 18.3 Å². The summed E-state index contributed by atoms with van der Waals surface area (Å²) in [5.41, 5.74) is 1.90. The Labute approximate surface area is 144 Å². The van der Waals surface area contributed by atoms with Crippen LogP contribution in [0.15, 0.2) is 12.1 Å². The summed E-state index contributed by atoms with van der Waals surface area (Å²) in [5.74, 6) is -2.15. The number of fused-ring (bicyclic) bond motifs is 1. The lowest BCUT2D eigenvalue weighted by molar-refractivity contribution is -0.173. The average molecular weight is 356 g/mol. The molecule has 0 aliphatic carbocycles. The summed E-state index contributed by atoms with van der Waals surface area (Å²) < 4.78 is 39.6. The topological polar surface area (TPSA) is 59.3 Å². The van der Waals surface area contributed by atoms with Gasteiger partial charge in [0.25, 0.3) is 0 Å². The Morgan fingerprint density at radius 1 is 1.28 bits per heavy atom. The summed E-state index contributed by atoms with van der Waals surface area (Å²) in [4.78, 5) is 16.4. The molecule has 0 fully saturated rings. The van der Waals surface area contributed by atoms with E-state index in [2.05, 4.69) is 15.4 Å². The van der Waals surface area contributed by atoms with Crippen molar-refractivity contribution in [3.8, 4) is 0 Å². The standard InChI is InChI=1S/C17H23F3N4O/c1-10(17(18,19)20)8-14(25)22-15-12(9-16(3,4)5)24-13(21-15)7-6-11(2)23-24/h6-7,10H,8-9H2,1-5H3,(H,22,25). The number of halogens is 3. The third kappa shape index (κ3) is 4.93. The zero-order valence-corrected chi connectivity index (χ0v) is 15.0. The first-order chi connectivity index (χ1) is 11.4. The maximum atomic E-state index is 12.7. The van der Waals surface area contributed by atoms with Gasteiger partial charge in [-0.05, 0) is 30.9 Å². The van der Waals surface area contributed by atoms with Gasteiger partial charge in [0.15, 0.2) is 11.5 Å². The first kappa shape index (κ1) is 19.2. The third-order valence-electron chi connectivity index (χ3n) is 3.71. The monoisotopic (exact) mass is 356 g/mol. The van der Waals surface area contributed by atoms with Gasteiger partial charge in [-0.3, -0.25) is 4.79 Å². The van der Waals surface area contributed by atoms with Crippen molar-refractivity contribution in [3.05, 3.63) is 23.5 Å². The van der Waals surface area contributed by atoms with E-state index in [0.717, 1.165) is 12.6 Å². The van der Waals surface area contributed by atoms with Gasteiger partial charge in [0, 0.05) is 6.42 Å². The van der Waals surface area contributed by atoms with Crippen molar-refractivity contribution in [1.82, 2.24) is 14.6 Å². The molecule has 0 aliphatic rings. The van der Waals surface area contributed by atoms with Gasteiger partial charge in [0.1, 0.15) is 0 Å². The van der Waals surface area contributed by atoms with Crippen molar-refractivity contribution in [1.29, 1.82) is 0 Å². The quantitative estimate of drug-likeness (QED) is 0.895. The molecule has 2 rings (SSSR count). The number of hydrogen-bond acceptors (Lipinski definition) is 3. The normalized spacial score (nSPS) is 13.9. The Balaban J connectivity index is 2.33. The molecule has 25 heavy (non-hydrogen) atoms. The van der Waals surface area contributed by atoms with Crippen LogP contribution >= 0.6 is 0 Å². The van der Waals surface area contributed by atoms with E-state index in [9.17, 15) is 18.0 Å². The van der Waals surface area contributed by atoms with Gasteiger partial charge in [-0.25, -0.2) is 9.50 Å². The van der Waals surface area contributed by atoms with Gasteiger partial charge in [0.05, 0.1) is 17.3 Å². The van der Waals surface area contributed by atoms with E-state index in [-0.39, 0.29) is 11.2 Å². The van der Waals surface area contributed by atoms with Crippen LogP contribution in [0.3, 0.4) is 0 Å². The molecule has 0 aliphatic heterocycles. The number of aromatic nitrogens is 3. The number of aryl methyl sites for hydroxylation is 1. The zero-order chi connectivity index (χ0) is 19.0. The highest BCUT2D eigenvalue weighted by Gasteiger charge is 2.37. The van der Waals surface area contributed by atoms with Gasteiger partial charge in [-0.15, -0.1) is 0 Å². The van der Waals surface area contributed by atoms with Gasteiger partial charge in [-0.2, -0.15) is 18.3 Å². The number of rotatable bonds is 4. The van der Waals surface area contributed by atoms with Gasteiger partial charge >= 0.3 is 6.18 Å². The second kappa shape index (κ2) is 6.65. The Morgan fingerprint density at radius 2 is 1.92 bits per heavy atom. The fourth-order valence-electron chi connectivity index (χ4n) is 2.41. The third-order valence-corrected chi connectivity index (χ3v) is 3.71. The summed E-state index contributed by atoms with van der Waals surface area (Å²) >= 11 is 0. The van der Waals surface area contributed by atoms with Crippen LogP contribution < -0.4 is 5.32 Å². The molecule has 1 atom stereocenters. The number of nitrogens with zero attached hydrogens (tertiary/aromatic N) is 3. The smallest absolute Gasteiger partial charge is 0.309 e. The Bertz CT molecular complexity index is 775. The molecule has 138 valence electrons. The lowest BCUT2D eigenvalue weighted by Gasteiger charge is -2.19. The summed E-state index contributed by atoms with van der Waals surface area (Å²) in [6, 6.07) is 3.56. The molecule has 1 amide bonds. The van der Waals surface area contributed by atoms with Crippen LogP contribution in [0.25, 0.3) is 5.65 Å². The van der Waals surface area contributed by atoms with Crippen LogP contribution in [0.1, 0.15) is 45.5 Å². The zero-order valence-electron chi connectivity index (χ0n) is 15.0. The minimum absolute atomic E-state index is 0.111. The van der Waals surface area contributed by atoms with Crippen molar-refractivity contribution >= 4 is 17.4 Å². The Hall–Kier alpha value is -2.12. The molecule has 0 aromatic carbocycles. The number of amides is 1. The van der Waals surface area contributed by atoms with Crippen molar-refractivity contribution in [2.75, 3.05) is 5.32 Å². The second-order valence-electron chi connectivity index (χ2n) is 7.58. The van der Waals surface area contributed by atoms with E-state index >= 15 is 0 Å². The van der Waals surface area contributed by atoms with Gasteiger partial charge in [0.2, 0.25) is 5.91 Å². The number of carbonyl (C=O) groups excluding carboxylic acids is 1. The molecule has 2 heterocycles. The fraction of sp³-hybridized carbons (Fsp3) is 0.588. The molecule has 0 saturated carbocycles. The summed E-state index contributed by atoms with van der Waals surface area (Å²) in [6.45, 7) is 8.91. The van der Waals surface area contributed by atoms with Crippen molar-refractivity contribution in [3.63, 3.8) is 0 Å². The van der Waals surface area contributed by atoms with Crippen LogP contribution in [-0.4, -0.2) is 26.7 Å². The van der Waals surface area contributed by atoms with Crippen molar-refractivity contribution in [2.24, 2.45) is 11.3 Å². The molecule has 1 N–H and O–H groups in total. The molecule has 5 nitrogen and oxygen atoms in total. The molecule has 0 bridgehead atoms. The van der Waals surface area contributed by atoms with E-state index in [4.69, 9.17) is 0 Å². The highest BCUT2D eigenvalue weighted by atomic mass is 19.4. The van der Waals surface area contributed by atoms with Crippen LogP contribution in [0.4, 0.5) is 19.0 Å². The molecule has 0 spiro atoms. The van der Waals surface area contributed by atoms with Gasteiger partial charge < -0.3 is 5.32 Å². The minimum Gasteiger partial charge on any atom is -0.309 e. The molecule has 1 unspecified atom stereocenters. The van der Waals surface area contributed by atoms with E-state index in [0.29, 0.717) is 17.8 Å². The lowest BCUT2D eigenvalue weighted by atomic mass is 9.90. The average Bonchev–Trinajstić information content (AvgIpc) is 2.73. The van der Waals surface area contributed by atoms with Gasteiger partial charge in [-0.1, -0.05) is 27.7 Å². The summed E-state index contributed by atoms with van der Waals surface area (Å²) in [6.07, 6.45) is -4.48. The second-order valence-corrected chi connectivity index (χ2v) is 7.58. The Kier molecular flexibility index (Phi) is 5.11. The predicted octanol–water partition coefficient (Wildman–Crippen LogP) is 4.15. The van der Waals surface area contributed by atoms with E-state index < -0.39 is 24.4 Å². The fourth-order valence-corrected chi connectivity index (χ4v) is 2.41. The molecule has 2 aromatic heterocycles. The Morgan fingerprint density at radius 3 is 2.48 bits per heavy atom. The van der Waals surface area contributed by atoms with Crippen molar-refractivity contribution in [2.45, 2.75) is 53.6 Å². The molecule has 2 aromatic rings. The van der Waals surface area contributed by atoms with Crippen LogP contribution in [-0.2, 0) is 11.2 Å². The number of hydrogen-bond donors (Lipinski definition) is 1. The molecular weight excluding hydrogens is 333 g/mol. The molecule has 8 heteroatoms. The minimum atomic E-state index is -4.40. The summed E-state index contributed by atoms with van der Waals surface area (Å²) in [7, 11) is 0.